The second-order valence-corrected chi connectivity index (χ2v) is 1.98. The molecule has 5 nitrogen and oxygen atoms in total. The van der Waals surface area contributed by atoms with E-state index in [1.54, 1.807) is 0 Å². The maximum atomic E-state index is 10.2. The van der Waals surface area contributed by atoms with E-state index in [0.29, 0.717) is 0 Å². The first-order chi connectivity index (χ1) is 5.20. The van der Waals surface area contributed by atoms with Crippen LogP contribution in [0.5, 0.6) is 0 Å². The Bertz CT molecular complexity index is 281. The smallest absolute Gasteiger partial charge is 0.545 e. The van der Waals surface area contributed by atoms with Gasteiger partial charge in [0.25, 0.3) is 0 Å². The largest absolute Gasteiger partial charge is 1.00 e. The van der Waals surface area contributed by atoms with Gasteiger partial charge < -0.3 is 9.90 Å². The number of carboxylic acid groups (broad SMARTS) is 1. The van der Waals surface area contributed by atoms with Crippen molar-refractivity contribution in [2.45, 2.75) is 6.92 Å². The summed E-state index contributed by atoms with van der Waals surface area (Å²) in [6, 6.07) is 0. The van der Waals surface area contributed by atoms with Gasteiger partial charge in [-0.1, -0.05) is 5.21 Å². The number of rotatable bonds is 2. The van der Waals surface area contributed by atoms with Gasteiger partial charge in [-0.05, 0) is 12.5 Å². The SMILES string of the molecule is C/C(=C\n1ccnn1)C(=O)[O-].[Na+]. The van der Waals surface area contributed by atoms with E-state index in [2.05, 4.69) is 10.3 Å². The van der Waals surface area contributed by atoms with E-state index < -0.39 is 5.97 Å². The third-order valence-electron chi connectivity index (χ3n) is 1.09. The fraction of sp³-hybridized carbons (Fsp3) is 0.167. The quantitative estimate of drug-likeness (QED) is 0.338. The maximum absolute atomic E-state index is 10.2. The number of carbonyl (C=O) groups excluding carboxylic acids is 1. The van der Waals surface area contributed by atoms with Crippen LogP contribution in [-0.2, 0) is 4.79 Å². The fourth-order valence-electron chi connectivity index (χ4n) is 0.537. The predicted octanol–water partition coefficient (Wildman–Crippen LogP) is -4.11. The van der Waals surface area contributed by atoms with Crippen molar-refractivity contribution in [3.63, 3.8) is 0 Å². The van der Waals surface area contributed by atoms with Crippen LogP contribution in [0.2, 0.25) is 0 Å². The van der Waals surface area contributed by atoms with Crippen molar-refractivity contribution in [2.24, 2.45) is 0 Å². The molecule has 0 aliphatic rings. The van der Waals surface area contributed by atoms with Gasteiger partial charge in [0.1, 0.15) is 0 Å². The monoisotopic (exact) mass is 175 g/mol. The number of aromatic nitrogens is 3. The summed E-state index contributed by atoms with van der Waals surface area (Å²) in [5.74, 6) is -1.21. The topological polar surface area (TPSA) is 70.8 Å². The molecule has 0 aliphatic carbocycles. The van der Waals surface area contributed by atoms with Gasteiger partial charge in [0, 0.05) is 6.20 Å². The molecule has 0 saturated carbocycles. The second kappa shape index (κ2) is 5.08. The molecule has 0 atom stereocenters. The minimum Gasteiger partial charge on any atom is -0.545 e. The summed E-state index contributed by atoms with van der Waals surface area (Å²) >= 11 is 0. The van der Waals surface area contributed by atoms with Crippen molar-refractivity contribution < 1.29 is 39.5 Å². The van der Waals surface area contributed by atoms with Crippen LogP contribution in [0.25, 0.3) is 6.20 Å². The zero-order chi connectivity index (χ0) is 8.27. The Morgan fingerprint density at radius 3 is 2.75 bits per heavy atom. The summed E-state index contributed by atoms with van der Waals surface area (Å²) in [4.78, 5) is 10.2. The maximum Gasteiger partial charge on any atom is 1.00 e. The molecule has 1 aromatic rings. The van der Waals surface area contributed by atoms with Crippen LogP contribution in [0, 0.1) is 0 Å². The first-order valence-corrected chi connectivity index (χ1v) is 2.95. The molecule has 58 valence electrons. The molecule has 1 heterocycles. The minimum atomic E-state index is -1.21. The number of nitrogens with zero attached hydrogens (tertiary/aromatic N) is 3. The average Bonchev–Trinajstić information content (AvgIpc) is 2.39. The molecule has 1 rings (SSSR count). The minimum absolute atomic E-state index is 0. The molecular formula is C6H6N3NaO2. The Hall–Kier alpha value is -0.650. The number of carbonyl (C=O) groups is 1. The van der Waals surface area contributed by atoms with Gasteiger partial charge in [0.15, 0.2) is 0 Å². The Labute approximate surface area is 91.4 Å². The Balaban J connectivity index is 0.00000121. The van der Waals surface area contributed by atoms with Crippen molar-refractivity contribution in [3.05, 3.63) is 18.0 Å². The van der Waals surface area contributed by atoms with Crippen LogP contribution >= 0.6 is 0 Å². The zero-order valence-electron chi connectivity index (χ0n) is 6.89. The molecule has 1 aromatic heterocycles. The average molecular weight is 175 g/mol. The van der Waals surface area contributed by atoms with Gasteiger partial charge >= 0.3 is 29.6 Å². The molecule has 0 aliphatic heterocycles. The molecular weight excluding hydrogens is 169 g/mol. The first-order valence-electron chi connectivity index (χ1n) is 2.95. The van der Waals surface area contributed by atoms with Gasteiger partial charge in [0.05, 0.1) is 18.4 Å². The molecule has 0 aromatic carbocycles. The van der Waals surface area contributed by atoms with Crippen LogP contribution < -0.4 is 34.7 Å². The third kappa shape index (κ3) is 3.17. The van der Waals surface area contributed by atoms with Crippen molar-refractivity contribution >= 4 is 12.2 Å². The molecule has 0 unspecified atom stereocenters. The van der Waals surface area contributed by atoms with Crippen LogP contribution in [0.4, 0.5) is 0 Å². The van der Waals surface area contributed by atoms with Gasteiger partial charge in [-0.15, -0.1) is 5.10 Å². The van der Waals surface area contributed by atoms with Crippen molar-refractivity contribution in [3.8, 4) is 0 Å². The summed E-state index contributed by atoms with van der Waals surface area (Å²) < 4.78 is 1.30. The second-order valence-electron chi connectivity index (χ2n) is 1.98. The van der Waals surface area contributed by atoms with E-state index in [9.17, 15) is 9.90 Å². The van der Waals surface area contributed by atoms with Crippen LogP contribution in [0.3, 0.4) is 0 Å². The molecule has 12 heavy (non-hydrogen) atoms. The molecule has 0 radical (unpaired) electrons. The van der Waals surface area contributed by atoms with Crippen molar-refractivity contribution in [1.82, 2.24) is 15.0 Å². The third-order valence-corrected chi connectivity index (χ3v) is 1.09. The van der Waals surface area contributed by atoms with E-state index in [1.807, 2.05) is 0 Å². The van der Waals surface area contributed by atoms with E-state index in [0.717, 1.165) is 0 Å². The van der Waals surface area contributed by atoms with E-state index in [-0.39, 0.29) is 35.1 Å². The number of hydrogen-bond donors (Lipinski definition) is 0. The normalized spacial score (nSPS) is 10.6. The van der Waals surface area contributed by atoms with E-state index in [1.165, 1.54) is 30.2 Å². The zero-order valence-corrected chi connectivity index (χ0v) is 8.89. The van der Waals surface area contributed by atoms with Crippen molar-refractivity contribution in [1.29, 1.82) is 0 Å². The number of aliphatic carboxylic acids is 1. The molecule has 0 spiro atoms. The summed E-state index contributed by atoms with van der Waals surface area (Å²) in [5, 5.41) is 17.2. The van der Waals surface area contributed by atoms with Gasteiger partial charge in [-0.3, -0.25) is 0 Å². The Morgan fingerprint density at radius 1 is 1.67 bits per heavy atom. The standard InChI is InChI=1S/C6H7N3O2.Na/c1-5(6(10)11)4-9-3-2-7-8-9;/h2-4H,1H3,(H,10,11);/q;+1/p-1/b5-4+;. The van der Waals surface area contributed by atoms with Crippen LogP contribution in [-0.4, -0.2) is 21.0 Å². The molecule has 0 saturated heterocycles. The van der Waals surface area contributed by atoms with E-state index >= 15 is 0 Å². The molecule has 0 N–H and O–H groups in total. The summed E-state index contributed by atoms with van der Waals surface area (Å²) in [7, 11) is 0. The molecule has 0 fully saturated rings. The predicted molar refractivity (Wildman–Crippen MR) is 35.0 cm³/mol. The molecule has 0 bridgehead atoms. The first kappa shape index (κ1) is 11.4. The molecule has 0 amide bonds. The van der Waals surface area contributed by atoms with E-state index in [4.69, 9.17) is 0 Å². The Kier molecular flexibility index (Phi) is 4.80. The molecule has 6 heteroatoms. The summed E-state index contributed by atoms with van der Waals surface area (Å²) in [5.41, 5.74) is 0.107. The fourth-order valence-corrected chi connectivity index (χ4v) is 0.537. The van der Waals surface area contributed by atoms with Crippen LogP contribution in [0.1, 0.15) is 6.92 Å². The Morgan fingerprint density at radius 2 is 2.33 bits per heavy atom. The van der Waals surface area contributed by atoms with Crippen molar-refractivity contribution in [2.75, 3.05) is 0 Å². The number of carboxylic acids is 1. The van der Waals surface area contributed by atoms with Gasteiger partial charge in [-0.25, -0.2) is 4.68 Å². The summed E-state index contributed by atoms with van der Waals surface area (Å²) in [6.07, 6.45) is 4.31. The van der Waals surface area contributed by atoms with Gasteiger partial charge in [-0.2, -0.15) is 0 Å². The van der Waals surface area contributed by atoms with Gasteiger partial charge in [0.2, 0.25) is 0 Å². The number of hydrogen-bond acceptors (Lipinski definition) is 4. The van der Waals surface area contributed by atoms with Crippen LogP contribution in [0.15, 0.2) is 18.0 Å². The summed E-state index contributed by atoms with van der Waals surface area (Å²) in [6.45, 7) is 1.43.